The van der Waals surface area contributed by atoms with Gasteiger partial charge in [-0.3, -0.25) is 9.59 Å². The zero-order valence-electron chi connectivity index (χ0n) is 14.1. The SMILES string of the molecule is CCCN(CC(=O)O)C(=O)c1ccc(S(=O)(=O)N2CCOCC2)cc1. The number of carbonyl (C=O) groups is 2. The number of benzene rings is 1. The predicted octanol–water partition coefficient (Wildman–Crippen LogP) is 0.644. The molecule has 1 saturated heterocycles. The van der Waals surface area contributed by atoms with Gasteiger partial charge in [-0.05, 0) is 30.7 Å². The summed E-state index contributed by atoms with van der Waals surface area (Å²) in [5.74, 6) is -1.52. The minimum Gasteiger partial charge on any atom is -0.480 e. The van der Waals surface area contributed by atoms with Gasteiger partial charge in [0.15, 0.2) is 0 Å². The van der Waals surface area contributed by atoms with Crippen LogP contribution in [0.15, 0.2) is 29.2 Å². The van der Waals surface area contributed by atoms with Crippen LogP contribution in [0.1, 0.15) is 23.7 Å². The number of morpholine rings is 1. The van der Waals surface area contributed by atoms with Crippen molar-refractivity contribution in [1.82, 2.24) is 9.21 Å². The van der Waals surface area contributed by atoms with E-state index < -0.39 is 21.9 Å². The lowest BCUT2D eigenvalue weighted by molar-refractivity contribution is -0.137. The highest BCUT2D eigenvalue weighted by Crippen LogP contribution is 2.18. The van der Waals surface area contributed by atoms with Crippen molar-refractivity contribution >= 4 is 21.9 Å². The minimum atomic E-state index is -3.62. The van der Waals surface area contributed by atoms with Crippen LogP contribution in [0.25, 0.3) is 0 Å². The van der Waals surface area contributed by atoms with Gasteiger partial charge in [-0.1, -0.05) is 6.92 Å². The summed E-state index contributed by atoms with van der Waals surface area (Å²) in [7, 11) is -3.62. The fourth-order valence-corrected chi connectivity index (χ4v) is 3.98. The van der Waals surface area contributed by atoms with Gasteiger partial charge in [0, 0.05) is 25.2 Å². The van der Waals surface area contributed by atoms with Crippen molar-refractivity contribution in [2.24, 2.45) is 0 Å². The Balaban J connectivity index is 2.17. The van der Waals surface area contributed by atoms with Crippen molar-refractivity contribution < 1.29 is 27.9 Å². The van der Waals surface area contributed by atoms with Crippen molar-refractivity contribution in [1.29, 1.82) is 0 Å². The van der Waals surface area contributed by atoms with E-state index >= 15 is 0 Å². The Morgan fingerprint density at radius 2 is 1.80 bits per heavy atom. The average molecular weight is 370 g/mol. The molecule has 0 aromatic heterocycles. The maximum absolute atomic E-state index is 12.5. The third-order valence-electron chi connectivity index (χ3n) is 3.82. The van der Waals surface area contributed by atoms with E-state index in [9.17, 15) is 18.0 Å². The Morgan fingerprint density at radius 3 is 2.32 bits per heavy atom. The molecule has 1 fully saturated rings. The van der Waals surface area contributed by atoms with Gasteiger partial charge in [0.05, 0.1) is 18.1 Å². The van der Waals surface area contributed by atoms with Crippen LogP contribution in [-0.4, -0.2) is 74.0 Å². The molecule has 1 aliphatic heterocycles. The van der Waals surface area contributed by atoms with Crippen LogP contribution in [0.2, 0.25) is 0 Å². The lowest BCUT2D eigenvalue weighted by Crippen LogP contribution is -2.40. The van der Waals surface area contributed by atoms with Crippen LogP contribution in [0.5, 0.6) is 0 Å². The van der Waals surface area contributed by atoms with Gasteiger partial charge in [0.2, 0.25) is 10.0 Å². The van der Waals surface area contributed by atoms with E-state index in [2.05, 4.69) is 0 Å². The van der Waals surface area contributed by atoms with Gasteiger partial charge in [0.25, 0.3) is 5.91 Å². The second kappa shape index (κ2) is 8.41. The van der Waals surface area contributed by atoms with Crippen LogP contribution < -0.4 is 0 Å². The smallest absolute Gasteiger partial charge is 0.323 e. The molecule has 0 spiro atoms. The molecule has 1 heterocycles. The molecule has 0 saturated carbocycles. The standard InChI is InChI=1S/C16H22N2O6S/c1-2-7-17(12-15(19)20)16(21)13-3-5-14(6-4-13)25(22,23)18-8-10-24-11-9-18/h3-6H,2,7-12H2,1H3,(H,19,20). The Bertz CT molecular complexity index is 711. The highest BCUT2D eigenvalue weighted by atomic mass is 32.2. The lowest BCUT2D eigenvalue weighted by atomic mass is 10.2. The number of hydrogen-bond acceptors (Lipinski definition) is 5. The van der Waals surface area contributed by atoms with Crippen molar-refractivity contribution in [2.45, 2.75) is 18.2 Å². The number of nitrogens with zero attached hydrogens (tertiary/aromatic N) is 2. The maximum Gasteiger partial charge on any atom is 0.323 e. The number of sulfonamides is 1. The van der Waals surface area contributed by atoms with Crippen molar-refractivity contribution in [3.8, 4) is 0 Å². The fourth-order valence-electron chi connectivity index (χ4n) is 2.57. The third-order valence-corrected chi connectivity index (χ3v) is 5.73. The molecule has 9 heteroatoms. The first-order chi connectivity index (χ1) is 11.9. The van der Waals surface area contributed by atoms with Gasteiger partial charge >= 0.3 is 5.97 Å². The van der Waals surface area contributed by atoms with Crippen LogP contribution in [0.4, 0.5) is 0 Å². The average Bonchev–Trinajstić information content (AvgIpc) is 2.61. The van der Waals surface area contributed by atoms with Gasteiger partial charge in [-0.15, -0.1) is 0 Å². The molecule has 0 atom stereocenters. The topological polar surface area (TPSA) is 104 Å². The Morgan fingerprint density at radius 1 is 1.20 bits per heavy atom. The predicted molar refractivity (Wildman–Crippen MR) is 89.9 cm³/mol. The van der Waals surface area contributed by atoms with Gasteiger partial charge in [0.1, 0.15) is 6.54 Å². The molecular formula is C16H22N2O6S. The molecule has 1 N–H and O–H groups in total. The zero-order chi connectivity index (χ0) is 18.4. The highest BCUT2D eigenvalue weighted by Gasteiger charge is 2.26. The number of carboxylic acids is 1. The van der Waals surface area contributed by atoms with E-state index in [0.29, 0.717) is 39.3 Å². The van der Waals surface area contributed by atoms with E-state index in [1.807, 2.05) is 6.92 Å². The van der Waals surface area contributed by atoms with Crippen LogP contribution in [0, 0.1) is 0 Å². The summed E-state index contributed by atoms with van der Waals surface area (Å²) in [6.07, 6.45) is 0.627. The summed E-state index contributed by atoms with van der Waals surface area (Å²) < 4.78 is 31.6. The van der Waals surface area contributed by atoms with E-state index in [1.165, 1.54) is 33.5 Å². The first-order valence-electron chi connectivity index (χ1n) is 8.05. The van der Waals surface area contributed by atoms with E-state index in [0.717, 1.165) is 0 Å². The first kappa shape index (κ1) is 19.4. The van der Waals surface area contributed by atoms with Crippen LogP contribution in [0.3, 0.4) is 0 Å². The summed E-state index contributed by atoms with van der Waals surface area (Å²) in [6.45, 7) is 3.09. The summed E-state index contributed by atoms with van der Waals surface area (Å²) in [4.78, 5) is 24.6. The molecule has 1 aromatic rings. The second-order valence-corrected chi connectivity index (χ2v) is 7.60. The normalized spacial score (nSPS) is 15.7. The molecule has 8 nitrogen and oxygen atoms in total. The number of ether oxygens (including phenoxy) is 1. The van der Waals surface area contributed by atoms with Gasteiger partial charge in [-0.25, -0.2) is 8.42 Å². The molecule has 0 bridgehead atoms. The Kier molecular flexibility index (Phi) is 6.51. The number of rotatable bonds is 7. The Labute approximate surface area is 147 Å². The Hall–Kier alpha value is -1.97. The second-order valence-electron chi connectivity index (χ2n) is 5.66. The largest absolute Gasteiger partial charge is 0.480 e. The summed E-state index contributed by atoms with van der Waals surface area (Å²) in [5.41, 5.74) is 0.260. The zero-order valence-corrected chi connectivity index (χ0v) is 14.9. The van der Waals surface area contributed by atoms with E-state index in [4.69, 9.17) is 9.84 Å². The molecule has 1 amide bonds. The van der Waals surface area contributed by atoms with Crippen LogP contribution in [-0.2, 0) is 19.6 Å². The van der Waals surface area contributed by atoms with Crippen molar-refractivity contribution in [2.75, 3.05) is 39.4 Å². The van der Waals surface area contributed by atoms with Gasteiger partial charge in [-0.2, -0.15) is 4.31 Å². The number of amides is 1. The fraction of sp³-hybridized carbons (Fsp3) is 0.500. The summed E-state index contributed by atoms with van der Waals surface area (Å²) in [6, 6.07) is 5.59. The molecule has 1 aliphatic rings. The van der Waals surface area contributed by atoms with Gasteiger partial charge < -0.3 is 14.7 Å². The minimum absolute atomic E-state index is 0.103. The summed E-state index contributed by atoms with van der Waals surface area (Å²) >= 11 is 0. The number of carbonyl (C=O) groups excluding carboxylic acids is 1. The number of hydrogen-bond donors (Lipinski definition) is 1. The van der Waals surface area contributed by atoms with E-state index in [-0.39, 0.29) is 17.0 Å². The lowest BCUT2D eigenvalue weighted by Gasteiger charge is -2.26. The first-order valence-corrected chi connectivity index (χ1v) is 9.49. The summed E-state index contributed by atoms with van der Waals surface area (Å²) in [5, 5.41) is 8.91. The molecule has 138 valence electrons. The maximum atomic E-state index is 12.5. The molecule has 0 unspecified atom stereocenters. The molecular weight excluding hydrogens is 348 g/mol. The monoisotopic (exact) mass is 370 g/mol. The van der Waals surface area contributed by atoms with E-state index in [1.54, 1.807) is 0 Å². The highest BCUT2D eigenvalue weighted by molar-refractivity contribution is 7.89. The van der Waals surface area contributed by atoms with Crippen LogP contribution >= 0.6 is 0 Å². The van der Waals surface area contributed by atoms with Crippen molar-refractivity contribution in [3.05, 3.63) is 29.8 Å². The molecule has 0 aliphatic carbocycles. The van der Waals surface area contributed by atoms with Crippen molar-refractivity contribution in [3.63, 3.8) is 0 Å². The number of carboxylic acid groups (broad SMARTS) is 1. The molecule has 0 radical (unpaired) electrons. The number of aliphatic carboxylic acids is 1. The quantitative estimate of drug-likeness (QED) is 0.755. The molecule has 25 heavy (non-hydrogen) atoms. The molecule has 1 aromatic carbocycles. The third kappa shape index (κ3) is 4.77. The molecule has 2 rings (SSSR count).